The average Bonchev–Trinajstić information content (AvgIpc) is 2.77. The molecule has 0 aliphatic rings. The molecular formula is C15H13N3O2. The van der Waals surface area contributed by atoms with Crippen molar-refractivity contribution < 1.29 is 4.79 Å². The molecule has 2 heterocycles. The molecule has 5 nitrogen and oxygen atoms in total. The van der Waals surface area contributed by atoms with E-state index in [0.717, 1.165) is 5.56 Å². The highest BCUT2D eigenvalue weighted by Crippen LogP contribution is 2.01. The predicted molar refractivity (Wildman–Crippen MR) is 74.6 cm³/mol. The number of nitrogens with zero attached hydrogens (tertiary/aromatic N) is 3. The van der Waals surface area contributed by atoms with Gasteiger partial charge in [0.2, 0.25) is 0 Å². The minimum absolute atomic E-state index is 0.00456. The van der Waals surface area contributed by atoms with E-state index in [0.29, 0.717) is 12.1 Å². The molecular weight excluding hydrogens is 254 g/mol. The van der Waals surface area contributed by atoms with Gasteiger partial charge in [-0.25, -0.2) is 9.48 Å². The largest absolute Gasteiger partial charge is 0.350 e. The molecule has 0 saturated heterocycles. The monoisotopic (exact) mass is 267 g/mol. The molecule has 2 aromatic heterocycles. The van der Waals surface area contributed by atoms with Crippen molar-refractivity contribution in [2.75, 3.05) is 0 Å². The second-order valence-corrected chi connectivity index (χ2v) is 4.57. The highest BCUT2D eigenvalue weighted by atomic mass is 16.2. The number of rotatable bonds is 4. The minimum Gasteiger partial charge on any atom is -0.297 e. The van der Waals surface area contributed by atoms with Gasteiger partial charge in [0.05, 0.1) is 0 Å². The van der Waals surface area contributed by atoms with Gasteiger partial charge in [-0.15, -0.1) is 5.10 Å². The lowest BCUT2D eigenvalue weighted by Crippen LogP contribution is -2.25. The molecule has 0 atom stereocenters. The molecule has 0 aliphatic heterocycles. The van der Waals surface area contributed by atoms with E-state index in [1.54, 1.807) is 24.4 Å². The fourth-order valence-electron chi connectivity index (χ4n) is 2.12. The first-order valence-corrected chi connectivity index (χ1v) is 6.34. The van der Waals surface area contributed by atoms with Gasteiger partial charge in [-0.05, 0) is 17.7 Å². The SMILES string of the molecule is O=C(Cc1ccccc1)Cn1nc2ccccn2c1=O. The van der Waals surface area contributed by atoms with E-state index in [2.05, 4.69) is 5.10 Å². The molecule has 0 bridgehead atoms. The fourth-order valence-corrected chi connectivity index (χ4v) is 2.12. The first kappa shape index (κ1) is 12.3. The maximum atomic E-state index is 12.0. The molecule has 0 radical (unpaired) electrons. The van der Waals surface area contributed by atoms with Crippen molar-refractivity contribution in [3.63, 3.8) is 0 Å². The summed E-state index contributed by atoms with van der Waals surface area (Å²) in [5.74, 6) is -0.0401. The van der Waals surface area contributed by atoms with Gasteiger partial charge in [0.1, 0.15) is 6.54 Å². The van der Waals surface area contributed by atoms with Crippen LogP contribution in [-0.2, 0) is 17.8 Å². The average molecular weight is 267 g/mol. The standard InChI is InChI=1S/C15H13N3O2/c19-13(10-12-6-2-1-3-7-12)11-18-15(20)17-9-5-4-8-14(17)16-18/h1-9H,10-11H2. The summed E-state index contributed by atoms with van der Waals surface area (Å²) in [6.45, 7) is -0.00456. The number of aromatic nitrogens is 3. The molecule has 3 aromatic rings. The van der Waals surface area contributed by atoms with E-state index in [1.165, 1.54) is 9.08 Å². The van der Waals surface area contributed by atoms with Gasteiger partial charge in [-0.2, -0.15) is 0 Å². The second kappa shape index (κ2) is 5.13. The molecule has 0 fully saturated rings. The molecule has 0 aliphatic carbocycles. The summed E-state index contributed by atoms with van der Waals surface area (Å²) in [4.78, 5) is 24.0. The van der Waals surface area contributed by atoms with Crippen LogP contribution in [-0.4, -0.2) is 20.0 Å². The van der Waals surface area contributed by atoms with Gasteiger partial charge in [-0.3, -0.25) is 9.20 Å². The Labute approximate surface area is 115 Å². The Morgan fingerprint density at radius 2 is 1.80 bits per heavy atom. The Kier molecular flexibility index (Phi) is 3.16. The first-order chi connectivity index (χ1) is 9.74. The van der Waals surface area contributed by atoms with Gasteiger partial charge in [0, 0.05) is 12.6 Å². The number of ketones is 1. The molecule has 0 N–H and O–H groups in total. The molecule has 20 heavy (non-hydrogen) atoms. The van der Waals surface area contributed by atoms with Crippen LogP contribution in [0.25, 0.3) is 5.65 Å². The van der Waals surface area contributed by atoms with Crippen molar-refractivity contribution in [1.29, 1.82) is 0 Å². The number of pyridine rings is 1. The lowest BCUT2D eigenvalue weighted by Gasteiger charge is -2.00. The van der Waals surface area contributed by atoms with E-state index in [1.807, 2.05) is 30.3 Å². The van der Waals surface area contributed by atoms with Crippen molar-refractivity contribution in [2.45, 2.75) is 13.0 Å². The smallest absolute Gasteiger partial charge is 0.297 e. The van der Waals surface area contributed by atoms with Crippen LogP contribution in [0.15, 0.2) is 59.5 Å². The van der Waals surface area contributed by atoms with Crippen molar-refractivity contribution >= 4 is 11.4 Å². The number of hydrogen-bond acceptors (Lipinski definition) is 3. The third kappa shape index (κ3) is 2.38. The second-order valence-electron chi connectivity index (χ2n) is 4.57. The Bertz CT molecular complexity index is 803. The van der Waals surface area contributed by atoms with Crippen LogP contribution in [0.1, 0.15) is 5.56 Å². The molecule has 0 amide bonds. The number of carbonyl (C=O) groups is 1. The molecule has 0 unspecified atom stereocenters. The topological polar surface area (TPSA) is 56.4 Å². The number of hydrogen-bond donors (Lipinski definition) is 0. The van der Waals surface area contributed by atoms with Crippen LogP contribution in [0.4, 0.5) is 0 Å². The molecule has 100 valence electrons. The summed E-state index contributed by atoms with van der Waals surface area (Å²) in [7, 11) is 0. The van der Waals surface area contributed by atoms with Crippen molar-refractivity contribution in [1.82, 2.24) is 14.2 Å². The summed E-state index contributed by atoms with van der Waals surface area (Å²) in [6.07, 6.45) is 1.95. The van der Waals surface area contributed by atoms with Gasteiger partial charge in [-0.1, -0.05) is 36.4 Å². The van der Waals surface area contributed by atoms with Crippen molar-refractivity contribution in [3.8, 4) is 0 Å². The highest BCUT2D eigenvalue weighted by molar-refractivity contribution is 5.80. The van der Waals surface area contributed by atoms with Crippen LogP contribution in [0.3, 0.4) is 0 Å². The summed E-state index contributed by atoms with van der Waals surface area (Å²) < 4.78 is 2.64. The van der Waals surface area contributed by atoms with Crippen molar-refractivity contribution in [2.24, 2.45) is 0 Å². The third-order valence-electron chi connectivity index (χ3n) is 3.06. The third-order valence-corrected chi connectivity index (χ3v) is 3.06. The van der Waals surface area contributed by atoms with E-state index >= 15 is 0 Å². The van der Waals surface area contributed by atoms with E-state index in [9.17, 15) is 9.59 Å². The van der Waals surface area contributed by atoms with E-state index in [4.69, 9.17) is 0 Å². The Morgan fingerprint density at radius 3 is 2.55 bits per heavy atom. The molecule has 0 spiro atoms. The van der Waals surface area contributed by atoms with Crippen LogP contribution >= 0.6 is 0 Å². The van der Waals surface area contributed by atoms with Crippen LogP contribution in [0.2, 0.25) is 0 Å². The summed E-state index contributed by atoms with van der Waals surface area (Å²) in [5, 5.41) is 4.14. The zero-order chi connectivity index (χ0) is 13.9. The Hall–Kier alpha value is -2.69. The zero-order valence-corrected chi connectivity index (χ0v) is 10.8. The minimum atomic E-state index is -0.290. The van der Waals surface area contributed by atoms with E-state index < -0.39 is 0 Å². The summed E-state index contributed by atoms with van der Waals surface area (Å²) >= 11 is 0. The normalized spacial score (nSPS) is 10.8. The summed E-state index contributed by atoms with van der Waals surface area (Å²) in [6, 6.07) is 14.8. The fraction of sp³-hybridized carbons (Fsp3) is 0.133. The number of benzene rings is 1. The Balaban J connectivity index is 1.81. The number of Topliss-reactive ketones (excluding diaryl/α,β-unsaturated/α-hetero) is 1. The van der Waals surface area contributed by atoms with E-state index in [-0.39, 0.29) is 18.0 Å². The maximum absolute atomic E-state index is 12.0. The van der Waals surface area contributed by atoms with Crippen LogP contribution in [0, 0.1) is 0 Å². The van der Waals surface area contributed by atoms with Gasteiger partial charge in [0.15, 0.2) is 11.4 Å². The number of fused-ring (bicyclic) bond motifs is 1. The van der Waals surface area contributed by atoms with Gasteiger partial charge >= 0.3 is 5.69 Å². The maximum Gasteiger partial charge on any atom is 0.350 e. The zero-order valence-electron chi connectivity index (χ0n) is 10.8. The Morgan fingerprint density at radius 1 is 1.05 bits per heavy atom. The number of carbonyl (C=O) groups excluding carboxylic acids is 1. The first-order valence-electron chi connectivity index (χ1n) is 6.34. The molecule has 0 saturated carbocycles. The van der Waals surface area contributed by atoms with Crippen LogP contribution in [0.5, 0.6) is 0 Å². The van der Waals surface area contributed by atoms with Gasteiger partial charge in [0.25, 0.3) is 0 Å². The molecule has 3 rings (SSSR count). The van der Waals surface area contributed by atoms with Crippen LogP contribution < -0.4 is 5.69 Å². The summed E-state index contributed by atoms with van der Waals surface area (Å²) in [5.41, 5.74) is 1.20. The molecule has 5 heteroatoms. The molecule has 1 aromatic carbocycles. The quantitative estimate of drug-likeness (QED) is 0.716. The van der Waals surface area contributed by atoms with Crippen molar-refractivity contribution in [3.05, 3.63) is 70.8 Å². The van der Waals surface area contributed by atoms with Gasteiger partial charge < -0.3 is 0 Å². The lowest BCUT2D eigenvalue weighted by molar-refractivity contribution is -0.119. The highest BCUT2D eigenvalue weighted by Gasteiger charge is 2.10. The predicted octanol–water partition coefficient (Wildman–Crippen LogP) is 1.31. The lowest BCUT2D eigenvalue weighted by atomic mass is 10.1.